The molecule has 2 atom stereocenters. The molecule has 0 bridgehead atoms. The molecular weight excluding hydrogens is 399 g/mol. The van der Waals surface area contributed by atoms with Gasteiger partial charge in [-0.15, -0.1) is 0 Å². The first kappa shape index (κ1) is 21.2. The molecule has 9 heteroatoms. The predicted molar refractivity (Wildman–Crippen MR) is 106 cm³/mol. The molecule has 1 aliphatic rings. The fourth-order valence-electron chi connectivity index (χ4n) is 3.09. The molecule has 3 rings (SSSR count). The molecule has 29 heavy (non-hydrogen) atoms. The fourth-order valence-corrected chi connectivity index (χ4v) is 4.68. The topological polar surface area (TPSA) is 84.9 Å². The largest absolute Gasteiger partial charge is 0.481 e. The number of carbonyl (C=O) groups is 1. The Labute approximate surface area is 169 Å². The van der Waals surface area contributed by atoms with E-state index in [0.717, 1.165) is 0 Å². The van der Waals surface area contributed by atoms with Gasteiger partial charge in [-0.1, -0.05) is 12.1 Å². The van der Waals surface area contributed by atoms with E-state index in [-0.39, 0.29) is 29.5 Å². The predicted octanol–water partition coefficient (Wildman–Crippen LogP) is 2.64. The van der Waals surface area contributed by atoms with E-state index in [0.29, 0.717) is 18.8 Å². The van der Waals surface area contributed by atoms with Gasteiger partial charge in [0, 0.05) is 18.8 Å². The summed E-state index contributed by atoms with van der Waals surface area (Å²) in [6.07, 6.45) is -0.358. The minimum absolute atomic E-state index is 0.0157. The maximum Gasteiger partial charge on any atom is 0.262 e. The van der Waals surface area contributed by atoms with Crippen molar-refractivity contribution in [3.8, 4) is 5.75 Å². The molecule has 2 aromatic rings. The SMILES string of the molecule is C[C@H]1CN(S(=O)(=O)c2ccc(NC(=O)COc3ccccc3F)cc2)C[C@H](C)O1. The van der Waals surface area contributed by atoms with Crippen molar-refractivity contribution in [3.05, 3.63) is 54.3 Å². The monoisotopic (exact) mass is 422 g/mol. The zero-order chi connectivity index (χ0) is 21.0. The Morgan fingerprint density at radius 1 is 1.14 bits per heavy atom. The van der Waals surface area contributed by atoms with Gasteiger partial charge >= 0.3 is 0 Å². The number of rotatable bonds is 6. The molecule has 0 aliphatic carbocycles. The van der Waals surface area contributed by atoms with Gasteiger partial charge in [0.25, 0.3) is 5.91 Å². The van der Waals surface area contributed by atoms with E-state index in [4.69, 9.17) is 9.47 Å². The van der Waals surface area contributed by atoms with Crippen LogP contribution in [-0.4, -0.2) is 50.5 Å². The summed E-state index contributed by atoms with van der Waals surface area (Å²) in [5.74, 6) is -1.06. The van der Waals surface area contributed by atoms with E-state index in [9.17, 15) is 17.6 Å². The highest BCUT2D eigenvalue weighted by atomic mass is 32.2. The van der Waals surface area contributed by atoms with Gasteiger partial charge < -0.3 is 14.8 Å². The van der Waals surface area contributed by atoms with E-state index >= 15 is 0 Å². The Morgan fingerprint density at radius 2 is 1.76 bits per heavy atom. The Bertz CT molecular complexity index is 955. The Hall–Kier alpha value is -2.49. The van der Waals surface area contributed by atoms with Crippen LogP contribution in [0.1, 0.15) is 13.8 Å². The number of hydrogen-bond acceptors (Lipinski definition) is 5. The van der Waals surface area contributed by atoms with Crippen molar-refractivity contribution < 1.29 is 27.1 Å². The fraction of sp³-hybridized carbons (Fsp3) is 0.350. The van der Waals surface area contributed by atoms with Crippen LogP contribution in [0.15, 0.2) is 53.4 Å². The van der Waals surface area contributed by atoms with Crippen LogP contribution in [0.2, 0.25) is 0 Å². The van der Waals surface area contributed by atoms with Gasteiger partial charge in [-0.05, 0) is 50.2 Å². The molecule has 7 nitrogen and oxygen atoms in total. The van der Waals surface area contributed by atoms with Crippen LogP contribution in [0.25, 0.3) is 0 Å². The number of nitrogens with zero attached hydrogens (tertiary/aromatic N) is 1. The van der Waals surface area contributed by atoms with Crippen LogP contribution >= 0.6 is 0 Å². The first-order valence-electron chi connectivity index (χ1n) is 9.18. The average molecular weight is 422 g/mol. The number of carbonyl (C=O) groups excluding carboxylic acids is 1. The smallest absolute Gasteiger partial charge is 0.262 e. The summed E-state index contributed by atoms with van der Waals surface area (Å²) in [6, 6.07) is 11.7. The van der Waals surface area contributed by atoms with Crippen molar-refractivity contribution in [1.29, 1.82) is 0 Å². The summed E-state index contributed by atoms with van der Waals surface area (Å²) in [6.45, 7) is 3.88. The zero-order valence-electron chi connectivity index (χ0n) is 16.2. The van der Waals surface area contributed by atoms with Gasteiger partial charge in [0.1, 0.15) is 0 Å². The lowest BCUT2D eigenvalue weighted by Crippen LogP contribution is -2.48. The lowest BCUT2D eigenvalue weighted by atomic mass is 10.3. The Kier molecular flexibility index (Phi) is 6.51. The Balaban J connectivity index is 1.61. The number of hydrogen-bond donors (Lipinski definition) is 1. The van der Waals surface area contributed by atoms with Crippen molar-refractivity contribution in [1.82, 2.24) is 4.31 Å². The molecule has 0 aromatic heterocycles. The number of benzene rings is 2. The molecule has 0 saturated carbocycles. The second-order valence-corrected chi connectivity index (χ2v) is 8.81. The van der Waals surface area contributed by atoms with Crippen LogP contribution < -0.4 is 10.1 Å². The van der Waals surface area contributed by atoms with Crippen LogP contribution in [0.4, 0.5) is 10.1 Å². The lowest BCUT2D eigenvalue weighted by molar-refractivity contribution is -0.118. The summed E-state index contributed by atoms with van der Waals surface area (Å²) in [5.41, 5.74) is 0.412. The highest BCUT2D eigenvalue weighted by molar-refractivity contribution is 7.89. The number of ether oxygens (including phenoxy) is 2. The summed E-state index contributed by atoms with van der Waals surface area (Å²) in [5, 5.41) is 2.59. The highest BCUT2D eigenvalue weighted by Gasteiger charge is 2.32. The summed E-state index contributed by atoms with van der Waals surface area (Å²) >= 11 is 0. The molecule has 0 radical (unpaired) electrons. The molecule has 1 heterocycles. The third kappa shape index (κ3) is 5.31. The second kappa shape index (κ2) is 8.89. The number of morpholine rings is 1. The molecular formula is C20H23FN2O5S. The Morgan fingerprint density at radius 3 is 2.38 bits per heavy atom. The molecule has 0 spiro atoms. The van der Waals surface area contributed by atoms with Gasteiger partial charge in [0.05, 0.1) is 17.1 Å². The number of anilines is 1. The van der Waals surface area contributed by atoms with E-state index in [1.54, 1.807) is 6.07 Å². The first-order chi connectivity index (χ1) is 13.8. The number of sulfonamides is 1. The minimum Gasteiger partial charge on any atom is -0.481 e. The van der Waals surface area contributed by atoms with Crippen molar-refractivity contribution in [2.24, 2.45) is 0 Å². The van der Waals surface area contributed by atoms with Crippen LogP contribution in [-0.2, 0) is 19.6 Å². The molecule has 1 N–H and O–H groups in total. The van der Waals surface area contributed by atoms with Gasteiger partial charge in [-0.25, -0.2) is 12.8 Å². The average Bonchev–Trinajstić information content (AvgIpc) is 2.67. The van der Waals surface area contributed by atoms with E-state index in [1.807, 2.05) is 13.8 Å². The molecule has 156 valence electrons. The van der Waals surface area contributed by atoms with Gasteiger partial charge in [0.2, 0.25) is 10.0 Å². The van der Waals surface area contributed by atoms with Crippen LogP contribution in [0.3, 0.4) is 0 Å². The van der Waals surface area contributed by atoms with Crippen molar-refractivity contribution in [3.63, 3.8) is 0 Å². The number of halogens is 1. The van der Waals surface area contributed by atoms with Crippen molar-refractivity contribution in [2.45, 2.75) is 31.0 Å². The summed E-state index contributed by atoms with van der Waals surface area (Å²) < 4.78 is 51.3. The molecule has 1 fully saturated rings. The quantitative estimate of drug-likeness (QED) is 0.774. The normalized spacial score (nSPS) is 20.2. The standard InChI is InChI=1S/C20H23FN2O5S/c1-14-11-23(12-15(2)28-14)29(25,26)17-9-7-16(8-10-17)22-20(24)13-27-19-6-4-3-5-18(19)21/h3-10,14-15H,11-13H2,1-2H3,(H,22,24)/t14-,15-/m0/s1. The molecule has 0 unspecified atom stereocenters. The lowest BCUT2D eigenvalue weighted by Gasteiger charge is -2.34. The number of amides is 1. The zero-order valence-corrected chi connectivity index (χ0v) is 17.0. The van der Waals surface area contributed by atoms with Gasteiger partial charge in [-0.2, -0.15) is 4.31 Å². The van der Waals surface area contributed by atoms with E-state index in [1.165, 1.54) is 46.8 Å². The van der Waals surface area contributed by atoms with Crippen molar-refractivity contribution in [2.75, 3.05) is 25.0 Å². The third-order valence-electron chi connectivity index (χ3n) is 4.36. The van der Waals surface area contributed by atoms with E-state index < -0.39 is 21.7 Å². The second-order valence-electron chi connectivity index (χ2n) is 6.87. The highest BCUT2D eigenvalue weighted by Crippen LogP contribution is 2.22. The van der Waals surface area contributed by atoms with Crippen molar-refractivity contribution >= 4 is 21.6 Å². The maximum absolute atomic E-state index is 13.5. The molecule has 1 saturated heterocycles. The third-order valence-corrected chi connectivity index (χ3v) is 6.20. The first-order valence-corrected chi connectivity index (χ1v) is 10.6. The molecule has 2 aromatic carbocycles. The van der Waals surface area contributed by atoms with Gasteiger partial charge in [-0.3, -0.25) is 4.79 Å². The number of nitrogens with one attached hydrogen (secondary N) is 1. The summed E-state index contributed by atoms with van der Waals surface area (Å²) in [4.78, 5) is 12.1. The minimum atomic E-state index is -3.65. The number of para-hydroxylation sites is 1. The molecule has 1 aliphatic heterocycles. The van der Waals surface area contributed by atoms with Crippen LogP contribution in [0, 0.1) is 5.82 Å². The van der Waals surface area contributed by atoms with Crippen LogP contribution in [0.5, 0.6) is 5.75 Å². The maximum atomic E-state index is 13.5. The molecule has 1 amide bonds. The summed E-state index contributed by atoms with van der Waals surface area (Å²) in [7, 11) is -3.65. The van der Waals surface area contributed by atoms with Gasteiger partial charge in [0.15, 0.2) is 18.2 Å². The van der Waals surface area contributed by atoms with E-state index in [2.05, 4.69) is 5.32 Å².